The molecule has 1 aliphatic heterocycles. The lowest BCUT2D eigenvalue weighted by Crippen LogP contribution is -2.49. The molecule has 2 amide bonds. The van der Waals surface area contributed by atoms with Crippen LogP contribution in [0.1, 0.15) is 58.9 Å². The molecule has 0 spiro atoms. The Hall–Kier alpha value is -2.95. The maximum Gasteiger partial charge on any atom is 0.254 e. The Morgan fingerprint density at radius 2 is 1.68 bits per heavy atom. The van der Waals surface area contributed by atoms with Gasteiger partial charge in [-0.3, -0.25) is 14.4 Å². The van der Waals surface area contributed by atoms with E-state index in [1.807, 2.05) is 25.1 Å². The van der Waals surface area contributed by atoms with Crippen LogP contribution in [0.2, 0.25) is 0 Å². The van der Waals surface area contributed by atoms with Crippen LogP contribution in [0, 0.1) is 0 Å². The van der Waals surface area contributed by atoms with Crippen molar-refractivity contribution in [3.8, 4) is 0 Å². The molecule has 1 heterocycles. The van der Waals surface area contributed by atoms with Crippen LogP contribution < -0.4 is 5.32 Å². The molecule has 0 aromatic heterocycles. The van der Waals surface area contributed by atoms with Crippen LogP contribution in [0.25, 0.3) is 0 Å². The maximum absolute atomic E-state index is 13.2. The highest BCUT2D eigenvalue weighted by Gasteiger charge is 2.27. The van der Waals surface area contributed by atoms with Gasteiger partial charge in [0, 0.05) is 36.7 Å². The number of piperidine rings is 1. The van der Waals surface area contributed by atoms with Gasteiger partial charge in [0.2, 0.25) is 5.91 Å². The Morgan fingerprint density at radius 3 is 2.39 bits per heavy atom. The molecule has 0 bridgehead atoms. The number of rotatable bonds is 6. The average Bonchev–Trinajstić information content (AvgIpc) is 2.73. The summed E-state index contributed by atoms with van der Waals surface area (Å²) in [5.74, 6) is -0.287. The fourth-order valence-corrected chi connectivity index (χ4v) is 3.59. The number of nitrogens with zero attached hydrogens (tertiary/aromatic N) is 1. The van der Waals surface area contributed by atoms with E-state index >= 15 is 0 Å². The summed E-state index contributed by atoms with van der Waals surface area (Å²) in [7, 11) is 0. The Balaban J connectivity index is 1.77. The third-order valence-electron chi connectivity index (χ3n) is 4.99. The van der Waals surface area contributed by atoms with Crippen molar-refractivity contribution in [3.05, 3.63) is 71.3 Å². The zero-order chi connectivity index (χ0) is 19.9. The van der Waals surface area contributed by atoms with Gasteiger partial charge in [0.1, 0.15) is 0 Å². The quantitative estimate of drug-likeness (QED) is 0.783. The molecule has 1 saturated heterocycles. The summed E-state index contributed by atoms with van der Waals surface area (Å²) in [6, 6.07) is 15.9. The smallest absolute Gasteiger partial charge is 0.254 e. The highest BCUT2D eigenvalue weighted by Crippen LogP contribution is 2.19. The van der Waals surface area contributed by atoms with Crippen molar-refractivity contribution in [1.82, 2.24) is 10.2 Å². The van der Waals surface area contributed by atoms with E-state index in [0.717, 1.165) is 19.3 Å². The van der Waals surface area contributed by atoms with Crippen molar-refractivity contribution < 1.29 is 14.4 Å². The second-order valence-corrected chi connectivity index (χ2v) is 7.15. The summed E-state index contributed by atoms with van der Waals surface area (Å²) in [4.78, 5) is 39.7. The fraction of sp³-hybridized carbons (Fsp3) is 0.348. The van der Waals surface area contributed by atoms with Gasteiger partial charge in [0.25, 0.3) is 5.91 Å². The first-order chi connectivity index (χ1) is 13.6. The van der Waals surface area contributed by atoms with Crippen LogP contribution in [0.4, 0.5) is 0 Å². The lowest BCUT2D eigenvalue weighted by Gasteiger charge is -2.33. The van der Waals surface area contributed by atoms with Gasteiger partial charge in [0.05, 0.1) is 5.56 Å². The summed E-state index contributed by atoms with van der Waals surface area (Å²) in [5, 5.41) is 3.02. The predicted octanol–water partition coefficient (Wildman–Crippen LogP) is 3.44. The molecule has 1 aliphatic rings. The number of carbonyl (C=O) groups excluding carboxylic acids is 3. The third-order valence-corrected chi connectivity index (χ3v) is 4.99. The topological polar surface area (TPSA) is 66.5 Å². The second kappa shape index (κ2) is 9.31. The van der Waals surface area contributed by atoms with E-state index in [9.17, 15) is 14.4 Å². The Labute approximate surface area is 165 Å². The molecule has 2 aromatic rings. The van der Waals surface area contributed by atoms with Crippen LogP contribution in [0.15, 0.2) is 54.6 Å². The number of ketones is 1. The SMILES string of the molecule is CCCC(=O)NC1CCCN(C(=O)c2ccccc2C(=O)c2ccccc2)C1. The van der Waals surface area contributed by atoms with Crippen LogP contribution >= 0.6 is 0 Å². The summed E-state index contributed by atoms with van der Waals surface area (Å²) in [6.07, 6.45) is 3.00. The summed E-state index contributed by atoms with van der Waals surface area (Å²) in [6.45, 7) is 3.08. The number of hydrogen-bond donors (Lipinski definition) is 1. The Kier molecular flexibility index (Phi) is 6.58. The van der Waals surface area contributed by atoms with Gasteiger partial charge in [-0.1, -0.05) is 55.5 Å². The third kappa shape index (κ3) is 4.66. The first-order valence-corrected chi connectivity index (χ1v) is 9.87. The van der Waals surface area contributed by atoms with Crippen molar-refractivity contribution >= 4 is 17.6 Å². The fourth-order valence-electron chi connectivity index (χ4n) is 3.59. The molecular formula is C23H26N2O3. The molecule has 2 aromatic carbocycles. The lowest BCUT2D eigenvalue weighted by molar-refractivity contribution is -0.122. The number of likely N-dealkylation sites (tertiary alicyclic amines) is 1. The van der Waals surface area contributed by atoms with Gasteiger partial charge in [-0.05, 0) is 25.3 Å². The molecule has 0 radical (unpaired) electrons. The molecule has 5 nitrogen and oxygen atoms in total. The van der Waals surface area contributed by atoms with Gasteiger partial charge in [-0.15, -0.1) is 0 Å². The average molecular weight is 378 g/mol. The minimum absolute atomic E-state index is 0.0291. The van der Waals surface area contributed by atoms with E-state index in [1.165, 1.54) is 0 Å². The standard InChI is InChI=1S/C23H26N2O3/c1-2-9-21(26)24-18-12-8-15-25(16-18)23(28)20-14-7-6-13-19(20)22(27)17-10-4-3-5-11-17/h3-7,10-11,13-14,18H,2,8-9,12,15-16H2,1H3,(H,24,26). The summed E-state index contributed by atoms with van der Waals surface area (Å²) < 4.78 is 0. The molecule has 1 fully saturated rings. The number of amides is 2. The maximum atomic E-state index is 13.2. The number of nitrogens with one attached hydrogen (secondary N) is 1. The molecule has 1 unspecified atom stereocenters. The first kappa shape index (κ1) is 19.8. The largest absolute Gasteiger partial charge is 0.352 e. The van der Waals surface area contributed by atoms with E-state index in [-0.39, 0.29) is 23.6 Å². The monoisotopic (exact) mass is 378 g/mol. The summed E-state index contributed by atoms with van der Waals surface area (Å²) in [5.41, 5.74) is 1.39. The van der Waals surface area contributed by atoms with Gasteiger partial charge >= 0.3 is 0 Å². The predicted molar refractivity (Wildman–Crippen MR) is 108 cm³/mol. The molecule has 0 saturated carbocycles. The molecule has 5 heteroatoms. The molecule has 1 N–H and O–H groups in total. The zero-order valence-corrected chi connectivity index (χ0v) is 16.2. The van der Waals surface area contributed by atoms with E-state index < -0.39 is 0 Å². The van der Waals surface area contributed by atoms with Gasteiger partial charge < -0.3 is 10.2 Å². The molecule has 3 rings (SSSR count). The van der Waals surface area contributed by atoms with Crippen LogP contribution in [0.3, 0.4) is 0 Å². The van der Waals surface area contributed by atoms with Gasteiger partial charge in [-0.2, -0.15) is 0 Å². The van der Waals surface area contributed by atoms with Crippen molar-refractivity contribution in [3.63, 3.8) is 0 Å². The Bertz CT molecular complexity index is 848. The zero-order valence-electron chi connectivity index (χ0n) is 16.2. The van der Waals surface area contributed by atoms with Crippen LogP contribution in [0.5, 0.6) is 0 Å². The molecule has 1 atom stereocenters. The number of benzene rings is 2. The van der Waals surface area contributed by atoms with Gasteiger partial charge in [0.15, 0.2) is 5.78 Å². The van der Waals surface area contributed by atoms with E-state index in [2.05, 4.69) is 5.32 Å². The highest BCUT2D eigenvalue weighted by molar-refractivity contribution is 6.15. The van der Waals surface area contributed by atoms with Crippen molar-refractivity contribution in [1.29, 1.82) is 0 Å². The Morgan fingerprint density at radius 1 is 1.00 bits per heavy atom. The minimum Gasteiger partial charge on any atom is -0.352 e. The number of carbonyl (C=O) groups is 3. The van der Waals surface area contributed by atoms with E-state index in [0.29, 0.717) is 36.2 Å². The van der Waals surface area contributed by atoms with Gasteiger partial charge in [-0.25, -0.2) is 0 Å². The normalized spacial score (nSPS) is 16.5. The lowest BCUT2D eigenvalue weighted by atomic mass is 9.96. The molecule has 146 valence electrons. The second-order valence-electron chi connectivity index (χ2n) is 7.15. The van der Waals surface area contributed by atoms with Crippen molar-refractivity contribution in [2.75, 3.05) is 13.1 Å². The minimum atomic E-state index is -0.158. The van der Waals surface area contributed by atoms with E-state index in [1.54, 1.807) is 41.3 Å². The van der Waals surface area contributed by atoms with Crippen molar-refractivity contribution in [2.24, 2.45) is 0 Å². The number of hydrogen-bond acceptors (Lipinski definition) is 3. The molecular weight excluding hydrogens is 352 g/mol. The highest BCUT2D eigenvalue weighted by atomic mass is 16.2. The molecule has 0 aliphatic carbocycles. The van der Waals surface area contributed by atoms with Crippen LogP contribution in [-0.4, -0.2) is 41.6 Å². The summed E-state index contributed by atoms with van der Waals surface area (Å²) >= 11 is 0. The van der Waals surface area contributed by atoms with E-state index in [4.69, 9.17) is 0 Å². The van der Waals surface area contributed by atoms with Crippen LogP contribution in [-0.2, 0) is 4.79 Å². The first-order valence-electron chi connectivity index (χ1n) is 9.87. The van der Waals surface area contributed by atoms with Crippen molar-refractivity contribution in [2.45, 2.75) is 38.6 Å². The molecule has 28 heavy (non-hydrogen) atoms.